The number of rotatable bonds is 6. The second kappa shape index (κ2) is 8.45. The third kappa shape index (κ3) is 4.24. The Morgan fingerprint density at radius 1 is 1.04 bits per heavy atom. The van der Waals surface area contributed by atoms with Crippen LogP contribution < -0.4 is 5.43 Å². The van der Waals surface area contributed by atoms with E-state index in [1.54, 1.807) is 12.3 Å². The first kappa shape index (κ1) is 17.9. The molecule has 0 fully saturated rings. The Morgan fingerprint density at radius 2 is 1.79 bits per heavy atom. The second-order valence-electron chi connectivity index (χ2n) is 6.16. The van der Waals surface area contributed by atoms with Crippen LogP contribution in [0.1, 0.15) is 20.8 Å². The minimum absolute atomic E-state index is 0.218. The molecule has 5 nitrogen and oxygen atoms in total. The van der Waals surface area contributed by atoms with Gasteiger partial charge in [-0.1, -0.05) is 66.7 Å². The lowest BCUT2D eigenvalue weighted by Gasteiger charge is -2.01. The first-order valence-electron chi connectivity index (χ1n) is 8.83. The van der Waals surface area contributed by atoms with E-state index in [0.717, 1.165) is 16.8 Å². The number of nitrogens with one attached hydrogen (secondary N) is 1. The van der Waals surface area contributed by atoms with Crippen molar-refractivity contribution in [2.24, 2.45) is 5.10 Å². The van der Waals surface area contributed by atoms with Crippen LogP contribution >= 0.6 is 11.3 Å². The Morgan fingerprint density at radius 3 is 2.50 bits per heavy atom. The molecular weight excluding hydrogens is 368 g/mol. The molecule has 0 saturated carbocycles. The number of amides is 1. The van der Waals surface area contributed by atoms with Crippen molar-refractivity contribution in [3.63, 3.8) is 0 Å². The third-order valence-electron chi connectivity index (χ3n) is 4.14. The molecule has 1 amide bonds. The van der Waals surface area contributed by atoms with Crippen LogP contribution in [0.5, 0.6) is 0 Å². The Labute approximate surface area is 167 Å². The number of carbonyl (C=O) groups excluding carboxylic acids is 1. The van der Waals surface area contributed by atoms with E-state index in [0.29, 0.717) is 11.4 Å². The maximum Gasteiger partial charge on any atom is 0.281 e. The lowest BCUT2D eigenvalue weighted by Crippen LogP contribution is -2.16. The van der Waals surface area contributed by atoms with Gasteiger partial charge in [0.2, 0.25) is 0 Å². The summed E-state index contributed by atoms with van der Waals surface area (Å²) in [7, 11) is 0. The summed E-state index contributed by atoms with van der Waals surface area (Å²) in [4.78, 5) is 12.7. The van der Waals surface area contributed by atoms with Gasteiger partial charge in [0.25, 0.3) is 5.91 Å². The van der Waals surface area contributed by atoms with E-state index in [1.807, 2.05) is 70.9 Å². The number of carbonyl (C=O) groups is 1. The Balaban J connectivity index is 1.59. The predicted molar refractivity (Wildman–Crippen MR) is 113 cm³/mol. The van der Waals surface area contributed by atoms with Crippen LogP contribution in [-0.2, 0) is 6.54 Å². The van der Waals surface area contributed by atoms with Gasteiger partial charge in [-0.05, 0) is 17.0 Å². The zero-order valence-electron chi connectivity index (χ0n) is 15.0. The Hall–Kier alpha value is -3.51. The predicted octanol–water partition coefficient (Wildman–Crippen LogP) is 4.42. The highest BCUT2D eigenvalue weighted by Gasteiger charge is 2.11. The van der Waals surface area contributed by atoms with Gasteiger partial charge in [0.05, 0.1) is 17.6 Å². The fraction of sp³-hybridized carbons (Fsp3) is 0.0455. The molecule has 0 spiro atoms. The SMILES string of the molecule is O=C(N/N=C\c1cn(Cc2ccccc2)nc1-c1ccccc1)c1cccs1. The van der Waals surface area contributed by atoms with E-state index in [1.165, 1.54) is 16.9 Å². The molecule has 0 aliphatic heterocycles. The molecule has 2 aromatic heterocycles. The molecule has 1 N–H and O–H groups in total. The van der Waals surface area contributed by atoms with Gasteiger partial charge in [0.15, 0.2) is 0 Å². The normalized spacial score (nSPS) is 11.0. The van der Waals surface area contributed by atoms with Crippen molar-refractivity contribution in [3.05, 3.63) is 100 Å². The monoisotopic (exact) mass is 386 g/mol. The van der Waals surface area contributed by atoms with E-state index < -0.39 is 0 Å². The minimum atomic E-state index is -0.218. The van der Waals surface area contributed by atoms with E-state index in [9.17, 15) is 4.79 Å². The molecule has 2 heterocycles. The number of hydrogen-bond donors (Lipinski definition) is 1. The van der Waals surface area contributed by atoms with Gasteiger partial charge in [-0.25, -0.2) is 5.43 Å². The summed E-state index contributed by atoms with van der Waals surface area (Å²) in [5, 5.41) is 10.7. The minimum Gasteiger partial charge on any atom is -0.267 e. The number of hydrazone groups is 1. The molecule has 0 bridgehead atoms. The van der Waals surface area contributed by atoms with Crippen molar-refractivity contribution < 1.29 is 4.79 Å². The van der Waals surface area contributed by atoms with Crippen LogP contribution in [0.2, 0.25) is 0 Å². The first-order valence-corrected chi connectivity index (χ1v) is 9.71. The topological polar surface area (TPSA) is 59.3 Å². The quantitative estimate of drug-likeness (QED) is 0.394. The molecule has 0 aliphatic carbocycles. The van der Waals surface area contributed by atoms with Gasteiger partial charge in [-0.3, -0.25) is 9.48 Å². The van der Waals surface area contributed by atoms with Crippen molar-refractivity contribution in [2.75, 3.05) is 0 Å². The largest absolute Gasteiger partial charge is 0.281 e. The summed E-state index contributed by atoms with van der Waals surface area (Å²) < 4.78 is 1.89. The number of thiophene rings is 1. The number of aromatic nitrogens is 2. The van der Waals surface area contributed by atoms with Crippen LogP contribution in [0.3, 0.4) is 0 Å². The molecule has 2 aromatic carbocycles. The lowest BCUT2D eigenvalue weighted by atomic mass is 10.1. The lowest BCUT2D eigenvalue weighted by molar-refractivity contribution is 0.0959. The summed E-state index contributed by atoms with van der Waals surface area (Å²) >= 11 is 1.38. The number of nitrogens with zero attached hydrogens (tertiary/aromatic N) is 3. The van der Waals surface area contributed by atoms with Crippen molar-refractivity contribution in [1.29, 1.82) is 0 Å². The Kier molecular flexibility index (Phi) is 5.40. The number of benzene rings is 2. The third-order valence-corrected chi connectivity index (χ3v) is 5.01. The van der Waals surface area contributed by atoms with Crippen LogP contribution in [-0.4, -0.2) is 21.9 Å². The maximum atomic E-state index is 12.1. The van der Waals surface area contributed by atoms with Gasteiger partial charge >= 0.3 is 0 Å². The molecule has 4 aromatic rings. The molecule has 28 heavy (non-hydrogen) atoms. The van der Waals surface area contributed by atoms with Crippen LogP contribution in [0, 0.1) is 0 Å². The van der Waals surface area contributed by atoms with Gasteiger partial charge in [0, 0.05) is 17.3 Å². The fourth-order valence-electron chi connectivity index (χ4n) is 2.83. The standard InChI is InChI=1S/C22H18N4OS/c27-22(20-12-7-13-28-20)24-23-14-19-16-26(15-17-8-3-1-4-9-17)25-21(19)18-10-5-2-6-11-18/h1-14,16H,15H2,(H,24,27)/b23-14-. The van der Waals surface area contributed by atoms with E-state index in [2.05, 4.69) is 22.7 Å². The fourth-order valence-corrected chi connectivity index (χ4v) is 3.44. The summed E-state index contributed by atoms with van der Waals surface area (Å²) in [5.74, 6) is -0.218. The van der Waals surface area contributed by atoms with Gasteiger partial charge < -0.3 is 0 Å². The average molecular weight is 386 g/mol. The van der Waals surface area contributed by atoms with Gasteiger partial charge in [-0.15, -0.1) is 11.3 Å². The van der Waals surface area contributed by atoms with Crippen LogP contribution in [0.15, 0.2) is 89.5 Å². The number of hydrogen-bond acceptors (Lipinski definition) is 4. The Bertz CT molecular complexity index is 1070. The van der Waals surface area contributed by atoms with Crippen molar-refractivity contribution in [2.45, 2.75) is 6.54 Å². The molecule has 4 rings (SSSR count). The van der Waals surface area contributed by atoms with Crippen LogP contribution in [0.4, 0.5) is 0 Å². The zero-order chi connectivity index (χ0) is 19.2. The van der Waals surface area contributed by atoms with Crippen molar-refractivity contribution in [1.82, 2.24) is 15.2 Å². The molecule has 0 unspecified atom stereocenters. The molecular formula is C22H18N4OS. The summed E-state index contributed by atoms with van der Waals surface area (Å²) in [6.45, 7) is 0.663. The summed E-state index contributed by atoms with van der Waals surface area (Å²) in [5.41, 5.74) is 6.41. The molecule has 0 aliphatic rings. The highest BCUT2D eigenvalue weighted by atomic mass is 32.1. The molecule has 6 heteroatoms. The molecule has 0 saturated heterocycles. The van der Waals surface area contributed by atoms with Crippen molar-refractivity contribution in [3.8, 4) is 11.3 Å². The molecule has 138 valence electrons. The summed E-state index contributed by atoms with van der Waals surface area (Å²) in [6.07, 6.45) is 3.58. The van der Waals surface area contributed by atoms with Crippen LogP contribution in [0.25, 0.3) is 11.3 Å². The van der Waals surface area contributed by atoms with E-state index >= 15 is 0 Å². The smallest absolute Gasteiger partial charge is 0.267 e. The average Bonchev–Trinajstić information content (AvgIpc) is 3.40. The second-order valence-corrected chi connectivity index (χ2v) is 7.11. The highest BCUT2D eigenvalue weighted by molar-refractivity contribution is 7.12. The van der Waals surface area contributed by atoms with Gasteiger partial charge in [-0.2, -0.15) is 10.2 Å². The highest BCUT2D eigenvalue weighted by Crippen LogP contribution is 2.21. The van der Waals surface area contributed by atoms with E-state index in [4.69, 9.17) is 5.10 Å². The summed E-state index contributed by atoms with van der Waals surface area (Å²) in [6, 6.07) is 23.7. The van der Waals surface area contributed by atoms with Gasteiger partial charge in [0.1, 0.15) is 5.69 Å². The zero-order valence-corrected chi connectivity index (χ0v) is 15.8. The molecule has 0 radical (unpaired) electrons. The van der Waals surface area contributed by atoms with E-state index in [-0.39, 0.29) is 5.91 Å². The maximum absolute atomic E-state index is 12.1. The molecule has 0 atom stereocenters. The first-order chi connectivity index (χ1) is 13.8. The van der Waals surface area contributed by atoms with Crippen molar-refractivity contribution >= 4 is 23.5 Å².